The van der Waals surface area contributed by atoms with Crippen molar-refractivity contribution in [1.82, 2.24) is 0 Å². The molecule has 0 spiro atoms. The first-order valence-electron chi connectivity index (χ1n) is 12.8. The smallest absolute Gasteiger partial charge is 0.165 e. The van der Waals surface area contributed by atoms with Gasteiger partial charge in [0.05, 0.1) is 6.61 Å². The van der Waals surface area contributed by atoms with Crippen LogP contribution in [0.3, 0.4) is 0 Å². The van der Waals surface area contributed by atoms with Crippen LogP contribution in [0.1, 0.15) is 103 Å². The van der Waals surface area contributed by atoms with Crippen LogP contribution >= 0.6 is 0 Å². The van der Waals surface area contributed by atoms with E-state index in [9.17, 15) is 4.39 Å². The number of ether oxygens (including phenoxy) is 1. The molecule has 2 aliphatic carbocycles. The molecule has 0 aromatic heterocycles. The second-order valence-electron chi connectivity index (χ2n) is 9.87. The molecule has 168 valence electrons. The second-order valence-corrected chi connectivity index (χ2v) is 9.87. The van der Waals surface area contributed by atoms with Crippen LogP contribution in [0.25, 0.3) is 0 Å². The highest BCUT2D eigenvalue weighted by molar-refractivity contribution is 5.30. The topological polar surface area (TPSA) is 9.23 Å². The Kier molecular flexibility index (Phi) is 9.75. The van der Waals surface area contributed by atoms with Crippen molar-refractivity contribution in [3.63, 3.8) is 0 Å². The van der Waals surface area contributed by atoms with E-state index in [1.807, 2.05) is 13.0 Å². The summed E-state index contributed by atoms with van der Waals surface area (Å²) in [6, 6.07) is 5.48. The number of benzene rings is 1. The lowest BCUT2D eigenvalue weighted by Gasteiger charge is -2.30. The Labute approximate surface area is 184 Å². The van der Waals surface area contributed by atoms with Gasteiger partial charge in [0.25, 0.3) is 0 Å². The first-order chi connectivity index (χ1) is 14.7. The fourth-order valence-corrected chi connectivity index (χ4v) is 5.45. The third-order valence-corrected chi connectivity index (χ3v) is 7.45. The molecular weight excluding hydrogens is 371 g/mol. The van der Waals surface area contributed by atoms with Crippen LogP contribution in [-0.4, -0.2) is 6.61 Å². The predicted molar refractivity (Wildman–Crippen MR) is 126 cm³/mol. The fourth-order valence-electron chi connectivity index (χ4n) is 5.45. The van der Waals surface area contributed by atoms with Gasteiger partial charge in [0.1, 0.15) is 0 Å². The van der Waals surface area contributed by atoms with Crippen molar-refractivity contribution in [2.75, 3.05) is 6.61 Å². The van der Waals surface area contributed by atoms with Crippen LogP contribution in [0.4, 0.5) is 4.39 Å². The quantitative estimate of drug-likeness (QED) is 0.329. The minimum absolute atomic E-state index is 0.220. The van der Waals surface area contributed by atoms with Crippen LogP contribution in [0.15, 0.2) is 29.8 Å². The van der Waals surface area contributed by atoms with Crippen LogP contribution in [0, 0.1) is 23.6 Å². The molecule has 1 nitrogen and oxygen atoms in total. The second kappa shape index (κ2) is 12.5. The average molecular weight is 415 g/mol. The van der Waals surface area contributed by atoms with E-state index in [2.05, 4.69) is 13.0 Å². The van der Waals surface area contributed by atoms with E-state index in [0.29, 0.717) is 12.4 Å². The maximum atomic E-state index is 14.1. The monoisotopic (exact) mass is 414 g/mol. The minimum Gasteiger partial charge on any atom is -0.491 e. The summed E-state index contributed by atoms with van der Waals surface area (Å²) in [7, 11) is 0. The maximum Gasteiger partial charge on any atom is 0.165 e. The van der Waals surface area contributed by atoms with Crippen molar-refractivity contribution in [3.8, 4) is 5.75 Å². The highest BCUT2D eigenvalue weighted by Crippen LogP contribution is 2.36. The normalized spacial score (nSPS) is 24.5. The number of rotatable bonds is 11. The van der Waals surface area contributed by atoms with Gasteiger partial charge in [0.15, 0.2) is 11.6 Å². The number of hydrogen-bond acceptors (Lipinski definition) is 1. The SMILES string of the molecule is CCCOc1ccc(CCC2=CCC(CC[C@H]3CC[C@H](CCC)CC3)CC2)cc1F. The molecule has 3 rings (SSSR count). The third kappa shape index (κ3) is 7.43. The molecule has 0 saturated heterocycles. The van der Waals surface area contributed by atoms with E-state index >= 15 is 0 Å². The summed E-state index contributed by atoms with van der Waals surface area (Å²) >= 11 is 0. The zero-order valence-electron chi connectivity index (χ0n) is 19.4. The molecule has 0 amide bonds. The molecule has 1 unspecified atom stereocenters. The summed E-state index contributed by atoms with van der Waals surface area (Å²) in [4.78, 5) is 0. The van der Waals surface area contributed by atoms with Gasteiger partial charge in [-0.3, -0.25) is 0 Å². The number of aryl methyl sites for hydroxylation is 1. The predicted octanol–water partition coefficient (Wildman–Crippen LogP) is 8.66. The van der Waals surface area contributed by atoms with Gasteiger partial charge in [-0.2, -0.15) is 0 Å². The Bertz CT molecular complexity index is 657. The van der Waals surface area contributed by atoms with Crippen LogP contribution in [0.2, 0.25) is 0 Å². The average Bonchev–Trinajstić information content (AvgIpc) is 2.77. The summed E-state index contributed by atoms with van der Waals surface area (Å²) in [5, 5.41) is 0. The molecule has 1 saturated carbocycles. The molecule has 2 heteroatoms. The third-order valence-electron chi connectivity index (χ3n) is 7.45. The molecule has 30 heavy (non-hydrogen) atoms. The van der Waals surface area contributed by atoms with E-state index in [-0.39, 0.29) is 5.82 Å². The van der Waals surface area contributed by atoms with Crippen molar-refractivity contribution in [2.45, 2.75) is 104 Å². The number of allylic oxidation sites excluding steroid dienone is 2. The van der Waals surface area contributed by atoms with E-state index in [4.69, 9.17) is 4.74 Å². The van der Waals surface area contributed by atoms with Crippen molar-refractivity contribution in [1.29, 1.82) is 0 Å². The molecule has 1 fully saturated rings. The molecule has 1 aromatic rings. The molecule has 0 N–H and O–H groups in total. The van der Waals surface area contributed by atoms with Crippen LogP contribution in [-0.2, 0) is 6.42 Å². The first-order valence-corrected chi connectivity index (χ1v) is 12.8. The van der Waals surface area contributed by atoms with Crippen molar-refractivity contribution in [2.24, 2.45) is 17.8 Å². The number of halogens is 1. The van der Waals surface area contributed by atoms with Gasteiger partial charge >= 0.3 is 0 Å². The van der Waals surface area contributed by atoms with Crippen molar-refractivity contribution < 1.29 is 9.13 Å². The van der Waals surface area contributed by atoms with E-state index < -0.39 is 0 Å². The highest BCUT2D eigenvalue weighted by Gasteiger charge is 2.22. The molecule has 0 heterocycles. The molecule has 1 atom stereocenters. The van der Waals surface area contributed by atoms with Crippen LogP contribution in [0.5, 0.6) is 5.75 Å². The molecule has 0 bridgehead atoms. The maximum absolute atomic E-state index is 14.1. The lowest BCUT2D eigenvalue weighted by atomic mass is 9.76. The fraction of sp³-hybridized carbons (Fsp3) is 0.714. The summed E-state index contributed by atoms with van der Waals surface area (Å²) in [6.07, 6.45) is 20.9. The summed E-state index contributed by atoms with van der Waals surface area (Å²) < 4.78 is 19.6. The number of hydrogen-bond donors (Lipinski definition) is 0. The zero-order chi connectivity index (χ0) is 21.2. The molecule has 1 aromatic carbocycles. The minimum atomic E-state index is -0.220. The molecule has 0 aliphatic heterocycles. The Hall–Kier alpha value is -1.31. The van der Waals surface area contributed by atoms with Gasteiger partial charge in [0.2, 0.25) is 0 Å². The Morgan fingerprint density at radius 2 is 1.60 bits per heavy atom. The van der Waals surface area contributed by atoms with Gasteiger partial charge < -0.3 is 4.74 Å². The lowest BCUT2D eigenvalue weighted by Crippen LogP contribution is -2.16. The Balaban J connectivity index is 1.34. The van der Waals surface area contributed by atoms with Gasteiger partial charge in [-0.05, 0) is 80.4 Å². The van der Waals surface area contributed by atoms with Gasteiger partial charge in [-0.15, -0.1) is 0 Å². The largest absolute Gasteiger partial charge is 0.491 e. The highest BCUT2D eigenvalue weighted by atomic mass is 19.1. The summed E-state index contributed by atoms with van der Waals surface area (Å²) in [5.41, 5.74) is 2.66. The van der Waals surface area contributed by atoms with E-state index in [1.165, 1.54) is 70.6 Å². The molecular formula is C28H43FO. The summed E-state index contributed by atoms with van der Waals surface area (Å²) in [6.45, 7) is 4.94. The lowest BCUT2D eigenvalue weighted by molar-refractivity contribution is 0.236. The molecule has 0 radical (unpaired) electrons. The Morgan fingerprint density at radius 3 is 2.23 bits per heavy atom. The molecule has 2 aliphatic rings. The van der Waals surface area contributed by atoms with Gasteiger partial charge in [0, 0.05) is 0 Å². The van der Waals surface area contributed by atoms with E-state index in [1.54, 1.807) is 17.7 Å². The standard InChI is InChI=1S/C28H43FO/c1-3-5-22-6-8-23(9-7-22)10-11-24-12-14-25(15-13-24)16-17-26-18-19-28(27(29)21-26)30-20-4-2/h14,18-19,21-24H,3-13,15-17,20H2,1-2H3/t22-,23-,24?. The summed E-state index contributed by atoms with van der Waals surface area (Å²) in [5.74, 6) is 3.10. The Morgan fingerprint density at radius 1 is 0.867 bits per heavy atom. The van der Waals surface area contributed by atoms with Gasteiger partial charge in [-0.1, -0.05) is 76.5 Å². The zero-order valence-corrected chi connectivity index (χ0v) is 19.4. The van der Waals surface area contributed by atoms with Gasteiger partial charge in [-0.25, -0.2) is 4.39 Å². The first kappa shape index (κ1) is 23.4. The van der Waals surface area contributed by atoms with Crippen molar-refractivity contribution >= 4 is 0 Å². The van der Waals surface area contributed by atoms with E-state index in [0.717, 1.165) is 42.6 Å². The van der Waals surface area contributed by atoms with Crippen LogP contribution < -0.4 is 4.74 Å². The van der Waals surface area contributed by atoms with Crippen molar-refractivity contribution in [3.05, 3.63) is 41.2 Å².